The summed E-state index contributed by atoms with van der Waals surface area (Å²) in [4.78, 5) is 18.3. The van der Waals surface area contributed by atoms with E-state index in [-0.39, 0.29) is 5.69 Å². The molecule has 106 valence electrons. The third-order valence-corrected chi connectivity index (χ3v) is 2.69. The van der Waals surface area contributed by atoms with E-state index in [0.29, 0.717) is 5.56 Å². The van der Waals surface area contributed by atoms with Gasteiger partial charge in [-0.3, -0.25) is 4.79 Å². The number of benzene rings is 1. The van der Waals surface area contributed by atoms with Gasteiger partial charge in [-0.1, -0.05) is 12.1 Å². The second-order valence-electron chi connectivity index (χ2n) is 4.42. The molecular weight excluding hydrogens is 271 g/mol. The van der Waals surface area contributed by atoms with Crippen molar-refractivity contribution in [2.75, 3.05) is 19.0 Å². The predicted molar refractivity (Wildman–Crippen MR) is 69.6 cm³/mol. The Morgan fingerprint density at radius 1 is 1.15 bits per heavy atom. The smallest absolute Gasteiger partial charge is 0.378 e. The van der Waals surface area contributed by atoms with Crippen LogP contribution in [0.5, 0.6) is 0 Å². The van der Waals surface area contributed by atoms with E-state index in [1.165, 1.54) is 0 Å². The first-order valence-corrected chi connectivity index (χ1v) is 5.74. The highest BCUT2D eigenvalue weighted by Gasteiger charge is 2.34. The standard InChI is InChI=1S/C13H12F3N3O/c1-19(2)9-5-3-8(4-6-9)10-7-11(20)18-12(17-10)13(14,15)16/h3-7H,1-2H3,(H,17,18,20). The first-order valence-electron chi connectivity index (χ1n) is 5.74. The Labute approximate surface area is 112 Å². The van der Waals surface area contributed by atoms with Crippen molar-refractivity contribution in [1.82, 2.24) is 9.97 Å². The largest absolute Gasteiger partial charge is 0.449 e. The van der Waals surface area contributed by atoms with Gasteiger partial charge in [0.1, 0.15) is 0 Å². The zero-order valence-electron chi connectivity index (χ0n) is 10.8. The molecule has 2 aromatic rings. The Bertz CT molecular complexity index is 660. The second-order valence-corrected chi connectivity index (χ2v) is 4.42. The molecule has 4 nitrogen and oxygen atoms in total. The van der Waals surface area contributed by atoms with E-state index in [1.54, 1.807) is 29.2 Å². The minimum Gasteiger partial charge on any atom is -0.378 e. The summed E-state index contributed by atoms with van der Waals surface area (Å²) in [6.45, 7) is 0. The number of rotatable bonds is 2. The zero-order chi connectivity index (χ0) is 14.9. The Balaban J connectivity index is 2.47. The maximum Gasteiger partial charge on any atom is 0.449 e. The van der Waals surface area contributed by atoms with Gasteiger partial charge in [-0.05, 0) is 12.1 Å². The van der Waals surface area contributed by atoms with Gasteiger partial charge in [-0.15, -0.1) is 0 Å². The van der Waals surface area contributed by atoms with Crippen LogP contribution in [0.3, 0.4) is 0 Å². The van der Waals surface area contributed by atoms with E-state index in [4.69, 9.17) is 0 Å². The molecule has 1 N–H and O–H groups in total. The Hall–Kier alpha value is -2.31. The number of aromatic nitrogens is 2. The number of H-pyrrole nitrogens is 1. The summed E-state index contributed by atoms with van der Waals surface area (Å²) < 4.78 is 37.8. The van der Waals surface area contributed by atoms with Crippen LogP contribution in [0.4, 0.5) is 18.9 Å². The van der Waals surface area contributed by atoms with Crippen molar-refractivity contribution < 1.29 is 13.2 Å². The molecule has 0 saturated carbocycles. The van der Waals surface area contributed by atoms with Crippen molar-refractivity contribution in [3.63, 3.8) is 0 Å². The van der Waals surface area contributed by atoms with Gasteiger partial charge in [0.25, 0.3) is 5.56 Å². The van der Waals surface area contributed by atoms with Gasteiger partial charge in [-0.2, -0.15) is 13.2 Å². The average Bonchev–Trinajstić information content (AvgIpc) is 2.37. The third kappa shape index (κ3) is 2.98. The lowest BCUT2D eigenvalue weighted by Gasteiger charge is -2.13. The van der Waals surface area contributed by atoms with Crippen LogP contribution < -0.4 is 10.5 Å². The summed E-state index contributed by atoms with van der Waals surface area (Å²) in [5.41, 5.74) is 0.507. The summed E-state index contributed by atoms with van der Waals surface area (Å²) in [5.74, 6) is -1.29. The molecule has 1 heterocycles. The number of hydrogen-bond acceptors (Lipinski definition) is 3. The molecule has 0 atom stereocenters. The zero-order valence-corrected chi connectivity index (χ0v) is 10.8. The van der Waals surface area contributed by atoms with Crippen LogP contribution in [-0.2, 0) is 6.18 Å². The lowest BCUT2D eigenvalue weighted by atomic mass is 10.1. The summed E-state index contributed by atoms with van der Waals surface area (Å²) in [6, 6.07) is 7.77. The molecule has 0 spiro atoms. The van der Waals surface area contributed by atoms with E-state index >= 15 is 0 Å². The average molecular weight is 283 g/mol. The fraction of sp³-hybridized carbons (Fsp3) is 0.231. The molecule has 0 unspecified atom stereocenters. The van der Waals surface area contributed by atoms with Crippen molar-refractivity contribution in [2.45, 2.75) is 6.18 Å². The maximum atomic E-state index is 12.6. The summed E-state index contributed by atoms with van der Waals surface area (Å²) in [7, 11) is 3.70. The lowest BCUT2D eigenvalue weighted by molar-refractivity contribution is -0.145. The molecule has 0 bridgehead atoms. The first-order chi connectivity index (χ1) is 9.27. The number of nitrogens with zero attached hydrogens (tertiary/aromatic N) is 2. The number of aromatic amines is 1. The lowest BCUT2D eigenvalue weighted by Crippen LogP contribution is -2.18. The molecule has 0 fully saturated rings. The Morgan fingerprint density at radius 2 is 1.75 bits per heavy atom. The van der Waals surface area contributed by atoms with Crippen molar-refractivity contribution in [3.8, 4) is 11.3 Å². The second kappa shape index (κ2) is 4.99. The van der Waals surface area contributed by atoms with Gasteiger partial charge >= 0.3 is 6.18 Å². The van der Waals surface area contributed by atoms with Crippen molar-refractivity contribution in [1.29, 1.82) is 0 Å². The molecule has 7 heteroatoms. The molecule has 20 heavy (non-hydrogen) atoms. The number of halogens is 3. The van der Waals surface area contributed by atoms with Crippen LogP contribution in [-0.4, -0.2) is 24.1 Å². The molecule has 1 aromatic heterocycles. The van der Waals surface area contributed by atoms with Crippen LogP contribution in [0.1, 0.15) is 5.82 Å². The third-order valence-electron chi connectivity index (χ3n) is 2.69. The van der Waals surface area contributed by atoms with Crippen LogP contribution in [0.15, 0.2) is 35.1 Å². The SMILES string of the molecule is CN(C)c1ccc(-c2cc(=O)[nH]c(C(F)(F)F)n2)cc1. The Kier molecular flexibility index (Phi) is 3.52. The van der Waals surface area contributed by atoms with Crippen LogP contribution >= 0.6 is 0 Å². The van der Waals surface area contributed by atoms with Gasteiger partial charge in [0.2, 0.25) is 5.82 Å². The highest BCUT2D eigenvalue weighted by molar-refractivity contribution is 5.62. The van der Waals surface area contributed by atoms with Crippen molar-refractivity contribution >= 4 is 5.69 Å². The quantitative estimate of drug-likeness (QED) is 0.921. The van der Waals surface area contributed by atoms with Crippen LogP contribution in [0, 0.1) is 0 Å². The molecule has 0 aliphatic carbocycles. The molecule has 0 amide bonds. The number of hydrogen-bond donors (Lipinski definition) is 1. The van der Waals surface area contributed by atoms with Gasteiger partial charge in [0.15, 0.2) is 0 Å². The minimum atomic E-state index is -4.68. The van der Waals surface area contributed by atoms with Crippen molar-refractivity contribution in [2.24, 2.45) is 0 Å². The summed E-state index contributed by atoms with van der Waals surface area (Å²) in [6.07, 6.45) is -4.68. The molecule has 0 saturated heterocycles. The minimum absolute atomic E-state index is 0.00798. The highest BCUT2D eigenvalue weighted by atomic mass is 19.4. The maximum absolute atomic E-state index is 12.6. The molecule has 0 radical (unpaired) electrons. The molecular formula is C13H12F3N3O. The normalized spacial score (nSPS) is 11.4. The van der Waals surface area contributed by atoms with Gasteiger partial charge < -0.3 is 9.88 Å². The van der Waals surface area contributed by atoms with E-state index < -0.39 is 17.6 Å². The van der Waals surface area contributed by atoms with Crippen LogP contribution in [0.2, 0.25) is 0 Å². The van der Waals surface area contributed by atoms with Crippen LogP contribution in [0.25, 0.3) is 11.3 Å². The number of alkyl halides is 3. The van der Waals surface area contributed by atoms with E-state index in [1.807, 2.05) is 19.0 Å². The first kappa shape index (κ1) is 14.1. The van der Waals surface area contributed by atoms with E-state index in [0.717, 1.165) is 11.8 Å². The summed E-state index contributed by atoms with van der Waals surface area (Å²) >= 11 is 0. The van der Waals surface area contributed by atoms with E-state index in [2.05, 4.69) is 4.98 Å². The molecule has 2 rings (SSSR count). The van der Waals surface area contributed by atoms with Gasteiger partial charge in [-0.25, -0.2) is 4.98 Å². The Morgan fingerprint density at radius 3 is 2.25 bits per heavy atom. The fourth-order valence-electron chi connectivity index (χ4n) is 1.67. The summed E-state index contributed by atoms with van der Waals surface area (Å²) in [5, 5.41) is 0. The van der Waals surface area contributed by atoms with Gasteiger partial charge in [0.05, 0.1) is 5.69 Å². The number of anilines is 1. The topological polar surface area (TPSA) is 49.0 Å². The predicted octanol–water partition coefficient (Wildman–Crippen LogP) is 2.52. The van der Waals surface area contributed by atoms with Gasteiger partial charge in [0, 0.05) is 31.4 Å². The van der Waals surface area contributed by atoms with E-state index in [9.17, 15) is 18.0 Å². The van der Waals surface area contributed by atoms with Crippen molar-refractivity contribution in [3.05, 3.63) is 46.5 Å². The molecule has 0 aliphatic rings. The number of nitrogens with one attached hydrogen (secondary N) is 1. The fourth-order valence-corrected chi connectivity index (χ4v) is 1.67. The molecule has 1 aromatic carbocycles. The monoisotopic (exact) mass is 283 g/mol. The molecule has 0 aliphatic heterocycles. The highest BCUT2D eigenvalue weighted by Crippen LogP contribution is 2.27.